The fourth-order valence-electron chi connectivity index (χ4n) is 4.71. The molecule has 17 heteroatoms. The molecule has 17 nitrogen and oxygen atoms in total. The first-order chi connectivity index (χ1) is 25.1. The summed E-state index contributed by atoms with van der Waals surface area (Å²) in [5.74, 6) is -1.82. The quantitative estimate of drug-likeness (QED) is 0.0609. The number of rotatable bonds is 31. The van der Waals surface area contributed by atoms with Crippen molar-refractivity contribution in [2.75, 3.05) is 114 Å². The van der Waals surface area contributed by atoms with Crippen LogP contribution in [0.2, 0.25) is 0 Å². The molecule has 0 saturated heterocycles. The van der Waals surface area contributed by atoms with Crippen molar-refractivity contribution in [3.8, 4) is 0 Å². The van der Waals surface area contributed by atoms with Gasteiger partial charge in [0.05, 0.1) is 98.8 Å². The molecule has 0 radical (unpaired) electrons. The molecule has 0 aliphatic heterocycles. The number of hydrogen-bond acceptors (Lipinski definition) is 12. The molecule has 1 aromatic heterocycles. The summed E-state index contributed by atoms with van der Waals surface area (Å²) in [6.45, 7) is 7.33. The molecular weight excluding hydrogens is 680 g/mol. The van der Waals surface area contributed by atoms with Crippen LogP contribution in [0.1, 0.15) is 25.5 Å². The number of nitrogens with one attached hydrogen (secondary N) is 3. The van der Waals surface area contributed by atoms with Gasteiger partial charge in [0.2, 0.25) is 17.7 Å². The Morgan fingerprint density at radius 3 is 1.85 bits per heavy atom. The minimum atomic E-state index is -1.05. The van der Waals surface area contributed by atoms with Crippen molar-refractivity contribution in [3.05, 3.63) is 36.0 Å². The van der Waals surface area contributed by atoms with Gasteiger partial charge in [0.1, 0.15) is 6.04 Å². The molecule has 0 aliphatic carbocycles. The molecule has 0 aliphatic rings. The summed E-state index contributed by atoms with van der Waals surface area (Å²) in [4.78, 5) is 48.6. The number of hydrogen-bond donors (Lipinski definition) is 4. The number of carboxylic acids is 1. The Kier molecular flexibility index (Phi) is 23.1. The molecule has 0 bridgehead atoms. The lowest BCUT2D eigenvalue weighted by Gasteiger charge is -2.21. The van der Waals surface area contributed by atoms with E-state index in [9.17, 15) is 19.2 Å². The molecule has 1 atom stereocenters. The third kappa shape index (κ3) is 18.7. The molecule has 2 aromatic rings. The van der Waals surface area contributed by atoms with Gasteiger partial charge in [-0.25, -0.2) is 9.80 Å². The molecule has 294 valence electrons. The smallest absolute Gasteiger partial charge is 0.326 e. The second-order valence-electron chi connectivity index (χ2n) is 11.7. The molecular formula is C35H58N6O11. The van der Waals surface area contributed by atoms with Gasteiger partial charge in [-0.1, -0.05) is 18.2 Å². The molecule has 0 unspecified atom stereocenters. The number of aromatic nitrogens is 1. The summed E-state index contributed by atoms with van der Waals surface area (Å²) in [5, 5.41) is 17.4. The average molecular weight is 739 g/mol. The summed E-state index contributed by atoms with van der Waals surface area (Å²) >= 11 is 0. The number of carboxylic acid groups (broad SMARTS) is 1. The fraction of sp³-hybridized carbons (Fsp3) is 0.657. The van der Waals surface area contributed by atoms with Gasteiger partial charge < -0.3 is 53.6 Å². The number of fused-ring (bicyclic) bond motifs is 1. The number of aliphatic carboxylic acids is 1. The summed E-state index contributed by atoms with van der Waals surface area (Å²) < 4.78 is 34.7. The molecule has 52 heavy (non-hydrogen) atoms. The summed E-state index contributed by atoms with van der Waals surface area (Å²) in [5.41, 5.74) is 5.26. The van der Waals surface area contributed by atoms with Crippen LogP contribution < -0.4 is 16.1 Å². The standard InChI is InChI=1S/C35H58N6O11/c1-28(35(45)46)40(4)34(44)10-13-47-15-17-49-19-21-51-23-24-52-22-20-50-18-16-48-14-11-37-33(43)26-38-32(42)9-12-41-30(27-39(3)36-2)25-29-7-5-6-8-31(29)41/h5-8,25,28,36H,9-24,26-27H2,1-4H3,(H,37,43)(H,38,42)(H,45,46)/t28-/m0/s1. The van der Waals surface area contributed by atoms with Crippen molar-refractivity contribution in [2.45, 2.75) is 38.9 Å². The lowest BCUT2D eigenvalue weighted by molar-refractivity contribution is -0.148. The number of hydrazine groups is 1. The first kappa shape index (κ1) is 44.5. The lowest BCUT2D eigenvalue weighted by Crippen LogP contribution is -2.40. The highest BCUT2D eigenvalue weighted by Gasteiger charge is 2.21. The van der Waals surface area contributed by atoms with Crippen LogP contribution in [0.5, 0.6) is 0 Å². The molecule has 2 rings (SSSR count). The van der Waals surface area contributed by atoms with Crippen LogP contribution in [0.25, 0.3) is 10.9 Å². The van der Waals surface area contributed by atoms with E-state index in [-0.39, 0.29) is 43.7 Å². The van der Waals surface area contributed by atoms with E-state index in [1.807, 2.05) is 37.3 Å². The highest BCUT2D eigenvalue weighted by Crippen LogP contribution is 2.21. The highest BCUT2D eigenvalue weighted by molar-refractivity contribution is 5.85. The van der Waals surface area contributed by atoms with E-state index in [1.165, 1.54) is 18.9 Å². The third-order valence-electron chi connectivity index (χ3n) is 7.91. The Bertz CT molecular complexity index is 1330. The summed E-state index contributed by atoms with van der Waals surface area (Å²) in [7, 11) is 5.27. The van der Waals surface area contributed by atoms with E-state index in [4.69, 9.17) is 33.5 Å². The van der Waals surface area contributed by atoms with Crippen molar-refractivity contribution in [2.24, 2.45) is 0 Å². The Morgan fingerprint density at radius 1 is 0.750 bits per heavy atom. The van der Waals surface area contributed by atoms with E-state index in [0.29, 0.717) is 92.3 Å². The molecule has 1 aromatic carbocycles. The number of nitrogens with zero attached hydrogens (tertiary/aromatic N) is 3. The lowest BCUT2D eigenvalue weighted by atomic mass is 10.2. The number of carbonyl (C=O) groups excluding carboxylic acids is 3. The normalized spacial score (nSPS) is 11.9. The van der Waals surface area contributed by atoms with Gasteiger partial charge in [-0.2, -0.15) is 0 Å². The van der Waals surface area contributed by atoms with E-state index in [1.54, 1.807) is 0 Å². The zero-order valence-corrected chi connectivity index (χ0v) is 31.1. The minimum Gasteiger partial charge on any atom is -0.480 e. The van der Waals surface area contributed by atoms with Crippen LogP contribution in [0.3, 0.4) is 0 Å². The van der Waals surface area contributed by atoms with Gasteiger partial charge >= 0.3 is 5.97 Å². The van der Waals surface area contributed by atoms with E-state index >= 15 is 0 Å². The van der Waals surface area contributed by atoms with E-state index in [2.05, 4.69) is 32.8 Å². The average Bonchev–Trinajstić information content (AvgIpc) is 3.49. The maximum Gasteiger partial charge on any atom is 0.326 e. The number of para-hydroxylation sites is 1. The predicted octanol–water partition coefficient (Wildman–Crippen LogP) is 0.251. The zero-order valence-electron chi connectivity index (χ0n) is 31.1. The van der Waals surface area contributed by atoms with Crippen LogP contribution in [0, 0.1) is 0 Å². The second-order valence-corrected chi connectivity index (χ2v) is 11.7. The maximum absolute atomic E-state index is 12.5. The fourth-order valence-corrected chi connectivity index (χ4v) is 4.71. The Hall–Kier alpha value is -3.68. The van der Waals surface area contributed by atoms with Crippen LogP contribution in [-0.2, 0) is 60.7 Å². The minimum absolute atomic E-state index is 0.0955. The van der Waals surface area contributed by atoms with Crippen LogP contribution >= 0.6 is 0 Å². The highest BCUT2D eigenvalue weighted by atomic mass is 16.6. The van der Waals surface area contributed by atoms with Crippen LogP contribution in [0.4, 0.5) is 0 Å². The summed E-state index contributed by atoms with van der Waals surface area (Å²) in [6.07, 6.45) is 0.360. The summed E-state index contributed by atoms with van der Waals surface area (Å²) in [6, 6.07) is 9.33. The van der Waals surface area contributed by atoms with Crippen LogP contribution in [0.15, 0.2) is 30.3 Å². The topological polar surface area (TPSA) is 191 Å². The molecule has 0 saturated carbocycles. The number of likely N-dealkylation sites (N-methyl/N-ethyl adjacent to an activating group) is 1. The van der Waals surface area contributed by atoms with Gasteiger partial charge in [-0.15, -0.1) is 0 Å². The van der Waals surface area contributed by atoms with Crippen molar-refractivity contribution < 1.29 is 52.7 Å². The Balaban J connectivity index is 1.34. The van der Waals surface area contributed by atoms with Crippen molar-refractivity contribution in [1.82, 2.24) is 30.5 Å². The van der Waals surface area contributed by atoms with Gasteiger partial charge in [-0.05, 0) is 31.5 Å². The monoisotopic (exact) mass is 738 g/mol. The zero-order chi connectivity index (χ0) is 38.0. The largest absolute Gasteiger partial charge is 0.480 e. The van der Waals surface area contributed by atoms with Crippen molar-refractivity contribution >= 4 is 34.6 Å². The molecule has 0 spiro atoms. The van der Waals surface area contributed by atoms with Gasteiger partial charge in [0.15, 0.2) is 0 Å². The number of carbonyl (C=O) groups is 4. The SMILES string of the molecule is CNN(C)Cc1cc2ccccc2n1CCC(=O)NCC(=O)NCCOCCOCCOCCOCCOCCOCCC(=O)N(C)[C@@H](C)C(=O)O. The van der Waals surface area contributed by atoms with E-state index in [0.717, 1.165) is 16.6 Å². The third-order valence-corrected chi connectivity index (χ3v) is 7.91. The number of ether oxygens (including phenoxy) is 6. The van der Waals surface area contributed by atoms with Crippen molar-refractivity contribution in [3.63, 3.8) is 0 Å². The first-order valence-electron chi connectivity index (χ1n) is 17.6. The predicted molar refractivity (Wildman–Crippen MR) is 192 cm³/mol. The Morgan fingerprint density at radius 2 is 1.29 bits per heavy atom. The first-order valence-corrected chi connectivity index (χ1v) is 17.6. The molecule has 1 heterocycles. The number of amides is 3. The number of aryl methyl sites for hydroxylation is 1. The van der Waals surface area contributed by atoms with Gasteiger partial charge in [-0.3, -0.25) is 19.8 Å². The van der Waals surface area contributed by atoms with Crippen LogP contribution in [-0.4, -0.2) is 163 Å². The second kappa shape index (κ2) is 27.0. The molecule has 4 N–H and O–H groups in total. The van der Waals surface area contributed by atoms with Gasteiger partial charge in [0, 0.05) is 44.8 Å². The van der Waals surface area contributed by atoms with E-state index < -0.39 is 12.0 Å². The molecule has 3 amide bonds. The van der Waals surface area contributed by atoms with Gasteiger partial charge in [0.25, 0.3) is 0 Å². The maximum atomic E-state index is 12.5. The Labute approximate surface area is 306 Å². The van der Waals surface area contributed by atoms with Crippen molar-refractivity contribution in [1.29, 1.82) is 0 Å². The number of benzene rings is 1. The molecule has 0 fully saturated rings.